The van der Waals surface area contributed by atoms with Crippen LogP contribution in [0.2, 0.25) is 0 Å². The van der Waals surface area contributed by atoms with Crippen LogP contribution in [0.3, 0.4) is 0 Å². The highest BCUT2D eigenvalue weighted by atomic mass is 127. The molecule has 6 heteroatoms. The van der Waals surface area contributed by atoms with Crippen LogP contribution in [0, 0.1) is 5.92 Å². The third-order valence-corrected chi connectivity index (χ3v) is 6.59. The maximum atomic E-state index is 5.00. The van der Waals surface area contributed by atoms with Gasteiger partial charge in [-0.2, -0.15) is 11.8 Å². The summed E-state index contributed by atoms with van der Waals surface area (Å²) in [6.45, 7) is 9.15. The van der Waals surface area contributed by atoms with Crippen LogP contribution in [0.1, 0.15) is 45.4 Å². The first-order valence-electron chi connectivity index (χ1n) is 9.72. The molecule has 24 heavy (non-hydrogen) atoms. The zero-order chi connectivity index (χ0) is 15.9. The van der Waals surface area contributed by atoms with E-state index in [9.17, 15) is 0 Å². The van der Waals surface area contributed by atoms with Gasteiger partial charge in [0.25, 0.3) is 0 Å². The van der Waals surface area contributed by atoms with E-state index in [1.807, 2.05) is 0 Å². The van der Waals surface area contributed by atoms with Gasteiger partial charge in [0.15, 0.2) is 5.96 Å². The first-order valence-corrected chi connectivity index (χ1v) is 10.9. The molecule has 3 rings (SSSR count). The average molecular weight is 466 g/mol. The molecule has 0 bridgehead atoms. The number of piperidine rings is 1. The van der Waals surface area contributed by atoms with E-state index in [1.165, 1.54) is 82.2 Å². The number of guanidine groups is 1. The maximum absolute atomic E-state index is 5.00. The van der Waals surface area contributed by atoms with Crippen LogP contribution in [0.5, 0.6) is 0 Å². The second kappa shape index (κ2) is 11.1. The molecule has 0 amide bonds. The van der Waals surface area contributed by atoms with Crippen LogP contribution in [-0.2, 0) is 0 Å². The molecule has 1 N–H and O–H groups in total. The van der Waals surface area contributed by atoms with Crippen LogP contribution < -0.4 is 5.32 Å². The molecule has 3 aliphatic rings. The van der Waals surface area contributed by atoms with Crippen LogP contribution in [-0.4, -0.2) is 72.6 Å². The monoisotopic (exact) mass is 466 g/mol. The first kappa shape index (κ1) is 20.6. The van der Waals surface area contributed by atoms with Gasteiger partial charge in [-0.15, -0.1) is 24.0 Å². The van der Waals surface area contributed by atoms with Crippen molar-refractivity contribution < 1.29 is 0 Å². The van der Waals surface area contributed by atoms with Gasteiger partial charge in [-0.1, -0.05) is 6.42 Å². The Morgan fingerprint density at radius 2 is 1.83 bits per heavy atom. The van der Waals surface area contributed by atoms with Crippen molar-refractivity contribution >= 4 is 41.7 Å². The number of hydrogen-bond acceptors (Lipinski definition) is 3. The topological polar surface area (TPSA) is 30.9 Å². The number of aliphatic imine (C=N–C) groups is 1. The summed E-state index contributed by atoms with van der Waals surface area (Å²) in [5, 5.41) is 3.54. The lowest BCUT2D eigenvalue weighted by Crippen LogP contribution is -2.44. The van der Waals surface area contributed by atoms with Crippen LogP contribution >= 0.6 is 35.7 Å². The number of hydrogen-bond donors (Lipinski definition) is 1. The normalized spacial score (nSPS) is 27.1. The van der Waals surface area contributed by atoms with Gasteiger partial charge in [0.1, 0.15) is 0 Å². The maximum Gasteiger partial charge on any atom is 0.193 e. The van der Waals surface area contributed by atoms with Crippen molar-refractivity contribution in [2.75, 3.05) is 50.8 Å². The molecule has 0 aromatic carbocycles. The van der Waals surface area contributed by atoms with E-state index in [0.717, 1.165) is 25.0 Å². The molecule has 0 saturated carbocycles. The van der Waals surface area contributed by atoms with Gasteiger partial charge < -0.3 is 10.2 Å². The molecule has 1 atom stereocenters. The molecule has 3 saturated heterocycles. The Balaban J connectivity index is 0.00000208. The molecule has 4 nitrogen and oxygen atoms in total. The molecule has 3 aliphatic heterocycles. The summed E-state index contributed by atoms with van der Waals surface area (Å²) in [6, 6.07) is 0.755. The number of thioether (sulfide) groups is 1. The Bertz CT molecular complexity index is 381. The molecular weight excluding hydrogens is 431 g/mol. The van der Waals surface area contributed by atoms with Crippen molar-refractivity contribution in [3.05, 3.63) is 0 Å². The summed E-state index contributed by atoms with van der Waals surface area (Å²) in [4.78, 5) is 10.2. The van der Waals surface area contributed by atoms with Crippen molar-refractivity contribution in [3.8, 4) is 0 Å². The number of likely N-dealkylation sites (tertiary alicyclic amines) is 2. The second-order valence-corrected chi connectivity index (χ2v) is 8.46. The van der Waals surface area contributed by atoms with Gasteiger partial charge in [-0.25, -0.2) is 0 Å². The summed E-state index contributed by atoms with van der Waals surface area (Å²) in [6.07, 6.45) is 8.23. The smallest absolute Gasteiger partial charge is 0.193 e. The lowest BCUT2D eigenvalue weighted by atomic mass is 10.0. The first-order chi connectivity index (χ1) is 11.4. The SMILES string of the molecule is CCNC(=NCC1CCSCC1)N1CCC(N2CCCCC2)C1.I. The van der Waals surface area contributed by atoms with Gasteiger partial charge in [0.05, 0.1) is 0 Å². The number of nitrogens with one attached hydrogen (secondary N) is 1. The van der Waals surface area contributed by atoms with E-state index >= 15 is 0 Å². The molecule has 0 aromatic heterocycles. The predicted molar refractivity (Wildman–Crippen MR) is 117 cm³/mol. The van der Waals surface area contributed by atoms with Crippen molar-refractivity contribution in [3.63, 3.8) is 0 Å². The molecule has 0 spiro atoms. The minimum Gasteiger partial charge on any atom is -0.357 e. The van der Waals surface area contributed by atoms with Gasteiger partial charge in [-0.05, 0) is 69.5 Å². The summed E-state index contributed by atoms with van der Waals surface area (Å²) in [5.41, 5.74) is 0. The predicted octanol–water partition coefficient (Wildman–Crippen LogP) is 3.27. The van der Waals surface area contributed by atoms with E-state index in [1.54, 1.807) is 0 Å². The van der Waals surface area contributed by atoms with E-state index < -0.39 is 0 Å². The van der Waals surface area contributed by atoms with Crippen LogP contribution in [0.4, 0.5) is 0 Å². The fourth-order valence-corrected chi connectivity index (χ4v) is 5.29. The molecule has 0 aromatic rings. The summed E-state index contributed by atoms with van der Waals surface area (Å²) in [5.74, 6) is 4.64. The van der Waals surface area contributed by atoms with Gasteiger partial charge in [-0.3, -0.25) is 9.89 Å². The Hall–Kier alpha value is 0.310. The zero-order valence-corrected chi connectivity index (χ0v) is 18.4. The van der Waals surface area contributed by atoms with E-state index in [2.05, 4.69) is 33.8 Å². The van der Waals surface area contributed by atoms with Crippen LogP contribution in [0.15, 0.2) is 4.99 Å². The average Bonchev–Trinajstić information content (AvgIpc) is 3.10. The molecule has 1 unspecified atom stereocenters. The molecule has 3 heterocycles. The molecular formula is C18H35IN4S. The van der Waals surface area contributed by atoms with Crippen molar-refractivity contribution in [2.45, 2.75) is 51.5 Å². The minimum atomic E-state index is 0. The zero-order valence-electron chi connectivity index (χ0n) is 15.2. The largest absolute Gasteiger partial charge is 0.357 e. The van der Waals surface area contributed by atoms with E-state index in [-0.39, 0.29) is 24.0 Å². The molecule has 3 fully saturated rings. The summed E-state index contributed by atoms with van der Waals surface area (Å²) in [7, 11) is 0. The molecule has 0 aliphatic carbocycles. The van der Waals surface area contributed by atoms with Gasteiger partial charge in [0.2, 0.25) is 0 Å². The Morgan fingerprint density at radius 3 is 2.54 bits per heavy atom. The lowest BCUT2D eigenvalue weighted by Gasteiger charge is -2.32. The third-order valence-electron chi connectivity index (χ3n) is 5.54. The summed E-state index contributed by atoms with van der Waals surface area (Å²) < 4.78 is 0. The van der Waals surface area contributed by atoms with Gasteiger partial charge in [0, 0.05) is 32.2 Å². The van der Waals surface area contributed by atoms with Crippen molar-refractivity contribution in [1.82, 2.24) is 15.1 Å². The molecule has 140 valence electrons. The van der Waals surface area contributed by atoms with E-state index in [4.69, 9.17) is 4.99 Å². The highest BCUT2D eigenvalue weighted by Gasteiger charge is 2.30. The fraction of sp³-hybridized carbons (Fsp3) is 0.944. The number of nitrogens with zero attached hydrogens (tertiary/aromatic N) is 3. The van der Waals surface area contributed by atoms with Crippen molar-refractivity contribution in [1.29, 1.82) is 0 Å². The summed E-state index contributed by atoms with van der Waals surface area (Å²) >= 11 is 2.10. The highest BCUT2D eigenvalue weighted by Crippen LogP contribution is 2.23. The highest BCUT2D eigenvalue weighted by molar-refractivity contribution is 14.0. The Labute approximate surface area is 169 Å². The number of halogens is 1. The lowest BCUT2D eigenvalue weighted by molar-refractivity contribution is 0.168. The fourth-order valence-electron chi connectivity index (χ4n) is 4.09. The second-order valence-electron chi connectivity index (χ2n) is 7.24. The van der Waals surface area contributed by atoms with E-state index in [0.29, 0.717) is 0 Å². The van der Waals surface area contributed by atoms with Gasteiger partial charge >= 0.3 is 0 Å². The number of rotatable bonds is 4. The quantitative estimate of drug-likeness (QED) is 0.392. The van der Waals surface area contributed by atoms with Crippen LogP contribution in [0.25, 0.3) is 0 Å². The Kier molecular flexibility index (Phi) is 9.55. The van der Waals surface area contributed by atoms with Crippen molar-refractivity contribution in [2.24, 2.45) is 10.9 Å². The molecule has 0 radical (unpaired) electrons. The minimum absolute atomic E-state index is 0. The Morgan fingerprint density at radius 1 is 1.08 bits per heavy atom. The standard InChI is InChI=1S/C18H34N4S.HI/c1-2-19-18(20-14-16-7-12-23-13-8-16)22-11-6-17(15-22)21-9-4-3-5-10-21;/h16-17H,2-15H2,1H3,(H,19,20);1H. The third kappa shape index (κ3) is 5.94.